The highest BCUT2D eigenvalue weighted by Gasteiger charge is 2.21. The fraction of sp³-hybridized carbons (Fsp3) is 0.667. The van der Waals surface area contributed by atoms with Gasteiger partial charge in [-0.1, -0.05) is 18.5 Å². The molecule has 1 aromatic rings. The van der Waals surface area contributed by atoms with Crippen molar-refractivity contribution in [1.82, 2.24) is 10.2 Å². The molecule has 0 aromatic carbocycles. The van der Waals surface area contributed by atoms with E-state index in [1.807, 2.05) is 11.4 Å². The van der Waals surface area contributed by atoms with Gasteiger partial charge in [-0.2, -0.15) is 0 Å². The number of hydrogen-bond donors (Lipinski definition) is 1. The first-order chi connectivity index (χ1) is 7.79. The van der Waals surface area contributed by atoms with Crippen LogP contribution in [0.1, 0.15) is 24.6 Å². The Morgan fingerprint density at radius 3 is 3.19 bits per heavy atom. The summed E-state index contributed by atoms with van der Waals surface area (Å²) in [6.45, 7) is 6.75. The summed E-state index contributed by atoms with van der Waals surface area (Å²) in [5, 5.41) is 6.38. The first-order valence-electron chi connectivity index (χ1n) is 5.97. The highest BCUT2D eigenvalue weighted by atomic mass is 35.5. The zero-order valence-corrected chi connectivity index (χ0v) is 11.3. The Bertz CT molecular complexity index is 327. The molecule has 2 rings (SSSR count). The van der Waals surface area contributed by atoms with Gasteiger partial charge in [0, 0.05) is 29.4 Å². The van der Waals surface area contributed by atoms with E-state index in [4.69, 9.17) is 11.6 Å². The molecule has 0 radical (unpaired) electrons. The van der Waals surface area contributed by atoms with Gasteiger partial charge < -0.3 is 5.32 Å². The number of thiophene rings is 1. The number of nitrogens with one attached hydrogen (secondary N) is 1. The van der Waals surface area contributed by atoms with Gasteiger partial charge in [0.2, 0.25) is 0 Å². The fourth-order valence-corrected chi connectivity index (χ4v) is 3.39. The molecule has 0 bridgehead atoms. The molecule has 0 spiro atoms. The molecular formula is C12H19ClN2S. The fourth-order valence-electron chi connectivity index (χ4n) is 2.35. The predicted molar refractivity (Wildman–Crippen MR) is 71.3 cm³/mol. The monoisotopic (exact) mass is 258 g/mol. The number of likely N-dealkylation sites (N-methyl/N-ethyl adjacent to an activating group) is 1. The molecule has 1 fully saturated rings. The summed E-state index contributed by atoms with van der Waals surface area (Å²) < 4.78 is 0. The summed E-state index contributed by atoms with van der Waals surface area (Å²) in [6.07, 6.45) is 2.69. The van der Waals surface area contributed by atoms with Crippen LogP contribution >= 0.6 is 22.9 Å². The molecule has 90 valence electrons. The van der Waals surface area contributed by atoms with Crippen molar-refractivity contribution in [3.05, 3.63) is 21.3 Å². The van der Waals surface area contributed by atoms with Gasteiger partial charge in [-0.3, -0.25) is 4.90 Å². The molecule has 1 saturated heterocycles. The Kier molecular flexibility index (Phi) is 4.65. The second-order valence-corrected chi connectivity index (χ2v) is 5.72. The lowest BCUT2D eigenvalue weighted by atomic mass is 10.2. The van der Waals surface area contributed by atoms with Crippen LogP contribution in [0, 0.1) is 0 Å². The van der Waals surface area contributed by atoms with Crippen LogP contribution in [0.5, 0.6) is 0 Å². The van der Waals surface area contributed by atoms with E-state index in [-0.39, 0.29) is 0 Å². The molecular weight excluding hydrogens is 240 g/mol. The van der Waals surface area contributed by atoms with Crippen molar-refractivity contribution in [3.8, 4) is 0 Å². The SMILES string of the molecule is CCN1CCCC1CNCc1cc(Cl)cs1. The van der Waals surface area contributed by atoms with Crippen LogP contribution in [-0.4, -0.2) is 30.6 Å². The van der Waals surface area contributed by atoms with Gasteiger partial charge in [-0.05, 0) is 32.0 Å². The Morgan fingerprint density at radius 1 is 1.62 bits per heavy atom. The minimum atomic E-state index is 0.737. The quantitative estimate of drug-likeness (QED) is 0.874. The molecule has 0 saturated carbocycles. The smallest absolute Gasteiger partial charge is 0.0516 e. The standard InChI is InChI=1S/C12H19ClN2S/c1-2-15-5-3-4-11(15)7-14-8-12-6-10(13)9-16-12/h6,9,11,14H,2-5,7-8H2,1H3. The lowest BCUT2D eigenvalue weighted by molar-refractivity contribution is 0.260. The van der Waals surface area contributed by atoms with Crippen molar-refractivity contribution in [2.75, 3.05) is 19.6 Å². The average Bonchev–Trinajstić information content (AvgIpc) is 2.87. The molecule has 2 nitrogen and oxygen atoms in total. The van der Waals surface area contributed by atoms with Crippen molar-refractivity contribution >= 4 is 22.9 Å². The van der Waals surface area contributed by atoms with E-state index in [0.717, 1.165) is 24.2 Å². The molecule has 4 heteroatoms. The largest absolute Gasteiger partial charge is 0.310 e. The van der Waals surface area contributed by atoms with Gasteiger partial charge in [0.1, 0.15) is 0 Å². The number of rotatable bonds is 5. The number of halogens is 1. The Labute approximate surface area is 107 Å². The zero-order valence-electron chi connectivity index (χ0n) is 9.71. The van der Waals surface area contributed by atoms with E-state index in [9.17, 15) is 0 Å². The van der Waals surface area contributed by atoms with Gasteiger partial charge in [0.05, 0.1) is 5.02 Å². The van der Waals surface area contributed by atoms with E-state index in [1.165, 1.54) is 30.8 Å². The first-order valence-corrected chi connectivity index (χ1v) is 7.23. The molecule has 1 aliphatic rings. The zero-order chi connectivity index (χ0) is 11.4. The third-order valence-corrected chi connectivity index (χ3v) is 4.49. The summed E-state index contributed by atoms with van der Waals surface area (Å²) in [7, 11) is 0. The third-order valence-electron chi connectivity index (χ3n) is 3.21. The predicted octanol–water partition coefficient (Wildman–Crippen LogP) is 2.98. The Morgan fingerprint density at radius 2 is 2.50 bits per heavy atom. The van der Waals surface area contributed by atoms with Crippen LogP contribution in [0.3, 0.4) is 0 Å². The van der Waals surface area contributed by atoms with Gasteiger partial charge in [0.15, 0.2) is 0 Å². The normalized spacial score (nSPS) is 21.8. The van der Waals surface area contributed by atoms with Crippen molar-refractivity contribution in [3.63, 3.8) is 0 Å². The number of likely N-dealkylation sites (tertiary alicyclic amines) is 1. The summed E-state index contributed by atoms with van der Waals surface area (Å²) >= 11 is 7.62. The molecule has 0 amide bonds. The third kappa shape index (κ3) is 3.20. The van der Waals surface area contributed by atoms with E-state index >= 15 is 0 Å². The van der Waals surface area contributed by atoms with Crippen LogP contribution in [0.2, 0.25) is 5.02 Å². The van der Waals surface area contributed by atoms with E-state index in [1.54, 1.807) is 11.3 Å². The van der Waals surface area contributed by atoms with Gasteiger partial charge in [0.25, 0.3) is 0 Å². The van der Waals surface area contributed by atoms with Gasteiger partial charge >= 0.3 is 0 Å². The molecule has 2 heterocycles. The van der Waals surface area contributed by atoms with E-state index in [0.29, 0.717) is 0 Å². The minimum absolute atomic E-state index is 0.737. The molecule has 16 heavy (non-hydrogen) atoms. The summed E-state index contributed by atoms with van der Waals surface area (Å²) in [6, 6.07) is 2.78. The second-order valence-electron chi connectivity index (χ2n) is 4.29. The highest BCUT2D eigenvalue weighted by Crippen LogP contribution is 2.19. The summed E-state index contributed by atoms with van der Waals surface area (Å²) in [5.41, 5.74) is 0. The molecule has 1 N–H and O–H groups in total. The summed E-state index contributed by atoms with van der Waals surface area (Å²) in [4.78, 5) is 3.89. The average molecular weight is 259 g/mol. The molecule has 1 aliphatic heterocycles. The van der Waals surface area contributed by atoms with Crippen LogP contribution < -0.4 is 5.32 Å². The highest BCUT2D eigenvalue weighted by molar-refractivity contribution is 7.10. The van der Waals surface area contributed by atoms with Crippen molar-refractivity contribution in [2.45, 2.75) is 32.4 Å². The number of nitrogens with zero attached hydrogens (tertiary/aromatic N) is 1. The van der Waals surface area contributed by atoms with Crippen LogP contribution in [0.25, 0.3) is 0 Å². The molecule has 0 aliphatic carbocycles. The summed E-state index contributed by atoms with van der Waals surface area (Å²) in [5.74, 6) is 0. The molecule has 1 atom stereocenters. The van der Waals surface area contributed by atoms with Crippen molar-refractivity contribution in [2.24, 2.45) is 0 Å². The van der Waals surface area contributed by atoms with Crippen LogP contribution in [-0.2, 0) is 6.54 Å². The maximum absolute atomic E-state index is 5.89. The van der Waals surface area contributed by atoms with Crippen LogP contribution in [0.15, 0.2) is 11.4 Å². The van der Waals surface area contributed by atoms with Crippen molar-refractivity contribution < 1.29 is 0 Å². The lowest BCUT2D eigenvalue weighted by Gasteiger charge is -2.22. The Hall–Kier alpha value is -0.0900. The van der Waals surface area contributed by atoms with E-state index in [2.05, 4.69) is 17.1 Å². The van der Waals surface area contributed by atoms with E-state index < -0.39 is 0 Å². The Balaban J connectivity index is 1.71. The minimum Gasteiger partial charge on any atom is -0.310 e. The van der Waals surface area contributed by atoms with Crippen LogP contribution in [0.4, 0.5) is 0 Å². The second kappa shape index (κ2) is 6.01. The number of hydrogen-bond acceptors (Lipinski definition) is 3. The maximum Gasteiger partial charge on any atom is 0.0516 e. The first kappa shape index (κ1) is 12.4. The lowest BCUT2D eigenvalue weighted by Crippen LogP contribution is -2.37. The van der Waals surface area contributed by atoms with Crippen molar-refractivity contribution in [1.29, 1.82) is 0 Å². The van der Waals surface area contributed by atoms with Gasteiger partial charge in [-0.15, -0.1) is 11.3 Å². The maximum atomic E-state index is 5.89. The topological polar surface area (TPSA) is 15.3 Å². The molecule has 1 unspecified atom stereocenters. The molecule has 1 aromatic heterocycles. The van der Waals surface area contributed by atoms with Gasteiger partial charge in [-0.25, -0.2) is 0 Å².